The molecule has 1 aromatic rings. The van der Waals surface area contributed by atoms with Crippen molar-refractivity contribution in [2.75, 3.05) is 6.54 Å². The fourth-order valence-corrected chi connectivity index (χ4v) is 2.04. The fourth-order valence-electron chi connectivity index (χ4n) is 1.73. The van der Waals surface area contributed by atoms with Gasteiger partial charge < -0.3 is 5.32 Å². The smallest absolute Gasteiger partial charge is 0.310 e. The minimum atomic E-state index is -4.32. The molecule has 1 N–H and O–H groups in total. The lowest BCUT2D eigenvalue weighted by Crippen LogP contribution is -2.24. The molecule has 0 saturated carbocycles. The van der Waals surface area contributed by atoms with Crippen LogP contribution in [0.25, 0.3) is 0 Å². The Kier molecular flexibility index (Phi) is 5.73. The highest BCUT2D eigenvalue weighted by Gasteiger charge is 2.29. The van der Waals surface area contributed by atoms with E-state index in [0.717, 1.165) is 12.1 Å². The van der Waals surface area contributed by atoms with Crippen LogP contribution < -0.4 is 5.32 Å². The summed E-state index contributed by atoms with van der Waals surface area (Å²) >= 11 is 2.82. The van der Waals surface area contributed by atoms with Crippen molar-refractivity contribution in [3.63, 3.8) is 0 Å². The third-order valence-corrected chi connectivity index (χ3v) is 3.19. The molecule has 0 radical (unpaired) electrons. The zero-order valence-corrected chi connectivity index (χ0v) is 11.7. The Hall–Kier alpha value is -0.690. The molecule has 7 heteroatoms. The Morgan fingerprint density at radius 3 is 2.37 bits per heavy atom. The summed E-state index contributed by atoms with van der Waals surface area (Å²) in [5.74, 6) is -1.44. The van der Waals surface area contributed by atoms with E-state index in [1.54, 1.807) is 6.92 Å². The van der Waals surface area contributed by atoms with E-state index in [-0.39, 0.29) is 16.5 Å². The Morgan fingerprint density at radius 1 is 1.21 bits per heavy atom. The Bertz CT molecular complexity index is 433. The molecule has 1 nitrogen and oxygen atoms in total. The van der Waals surface area contributed by atoms with Gasteiger partial charge in [-0.1, -0.05) is 6.92 Å². The van der Waals surface area contributed by atoms with E-state index in [4.69, 9.17) is 0 Å². The van der Waals surface area contributed by atoms with Gasteiger partial charge in [0.1, 0.15) is 11.6 Å². The molecule has 0 bridgehead atoms. The first-order valence-corrected chi connectivity index (χ1v) is 6.48. The average Bonchev–Trinajstić information content (AvgIpc) is 2.28. The molecule has 1 unspecified atom stereocenters. The van der Waals surface area contributed by atoms with Gasteiger partial charge >= 0.3 is 6.18 Å². The first-order chi connectivity index (χ1) is 8.74. The van der Waals surface area contributed by atoms with Crippen molar-refractivity contribution in [1.29, 1.82) is 0 Å². The highest BCUT2D eigenvalue weighted by Crippen LogP contribution is 2.30. The van der Waals surface area contributed by atoms with Crippen LogP contribution in [0.15, 0.2) is 16.6 Å². The largest absolute Gasteiger partial charge is 0.389 e. The molecule has 0 spiro atoms. The van der Waals surface area contributed by atoms with Gasteiger partial charge in [-0.25, -0.2) is 8.78 Å². The van der Waals surface area contributed by atoms with Crippen LogP contribution in [-0.2, 0) is 0 Å². The molecule has 19 heavy (non-hydrogen) atoms. The van der Waals surface area contributed by atoms with E-state index in [0.29, 0.717) is 6.54 Å². The number of hydrogen-bond donors (Lipinski definition) is 1. The molecule has 0 aliphatic carbocycles. The number of hydrogen-bond acceptors (Lipinski definition) is 1. The average molecular weight is 346 g/mol. The van der Waals surface area contributed by atoms with Gasteiger partial charge in [0, 0.05) is 18.0 Å². The summed E-state index contributed by atoms with van der Waals surface area (Å²) in [6, 6.07) is 0.973. The number of benzene rings is 1. The van der Waals surface area contributed by atoms with E-state index in [1.165, 1.54) is 0 Å². The summed E-state index contributed by atoms with van der Waals surface area (Å²) in [4.78, 5) is 0. The monoisotopic (exact) mass is 345 g/mol. The van der Waals surface area contributed by atoms with Crippen LogP contribution in [0.5, 0.6) is 0 Å². The Balaban J connectivity index is 2.95. The Morgan fingerprint density at radius 2 is 1.84 bits per heavy atom. The van der Waals surface area contributed by atoms with Crippen molar-refractivity contribution in [2.45, 2.75) is 32.0 Å². The lowest BCUT2D eigenvalue weighted by molar-refractivity contribution is -0.136. The molecular weight excluding hydrogens is 333 g/mol. The maximum atomic E-state index is 13.7. The molecule has 0 aliphatic rings. The van der Waals surface area contributed by atoms with E-state index < -0.39 is 30.3 Å². The highest BCUT2D eigenvalue weighted by molar-refractivity contribution is 9.10. The summed E-state index contributed by atoms with van der Waals surface area (Å²) in [5.41, 5.74) is -0.0909. The van der Waals surface area contributed by atoms with Gasteiger partial charge in [-0.05, 0) is 41.0 Å². The van der Waals surface area contributed by atoms with Gasteiger partial charge in [0.25, 0.3) is 0 Å². The van der Waals surface area contributed by atoms with Crippen LogP contribution in [0.4, 0.5) is 22.0 Å². The van der Waals surface area contributed by atoms with Crippen LogP contribution in [0, 0.1) is 11.6 Å². The second-order valence-corrected chi connectivity index (χ2v) is 4.91. The van der Waals surface area contributed by atoms with E-state index >= 15 is 0 Å². The third-order valence-electron chi connectivity index (χ3n) is 2.58. The first kappa shape index (κ1) is 16.4. The van der Waals surface area contributed by atoms with Crippen LogP contribution in [-0.4, -0.2) is 12.7 Å². The quantitative estimate of drug-likeness (QED) is 0.601. The van der Waals surface area contributed by atoms with Crippen LogP contribution in [0.2, 0.25) is 0 Å². The fraction of sp³-hybridized carbons (Fsp3) is 0.500. The van der Waals surface area contributed by atoms with Gasteiger partial charge in [-0.3, -0.25) is 0 Å². The topological polar surface area (TPSA) is 12.0 Å². The lowest BCUT2D eigenvalue weighted by Gasteiger charge is -2.20. The zero-order chi connectivity index (χ0) is 14.6. The van der Waals surface area contributed by atoms with Crippen molar-refractivity contribution < 1.29 is 22.0 Å². The van der Waals surface area contributed by atoms with Gasteiger partial charge in [0.15, 0.2) is 0 Å². The predicted octanol–water partition coefficient (Wildman–Crippen LogP) is 4.72. The van der Waals surface area contributed by atoms with Gasteiger partial charge in [0.2, 0.25) is 0 Å². The van der Waals surface area contributed by atoms with Crippen molar-refractivity contribution in [3.05, 3.63) is 33.8 Å². The predicted molar refractivity (Wildman–Crippen MR) is 65.8 cm³/mol. The molecule has 108 valence electrons. The van der Waals surface area contributed by atoms with Crippen molar-refractivity contribution in [2.24, 2.45) is 0 Å². The molecule has 0 fully saturated rings. The summed E-state index contributed by atoms with van der Waals surface area (Å²) in [6.07, 6.45) is -5.71. The standard InChI is InChI=1S/C12H13BrF5N/c1-2-19-11(3-4-12(16,17)18)7-5-10(15)8(13)6-9(7)14/h5-6,11,19H,2-4H2,1H3. The third kappa shape index (κ3) is 5.06. The first-order valence-electron chi connectivity index (χ1n) is 5.69. The van der Waals surface area contributed by atoms with Gasteiger partial charge in [0.05, 0.1) is 4.47 Å². The molecule has 0 amide bonds. The summed E-state index contributed by atoms with van der Waals surface area (Å²) in [7, 11) is 0. The van der Waals surface area contributed by atoms with Gasteiger partial charge in [-0.2, -0.15) is 13.2 Å². The highest BCUT2D eigenvalue weighted by atomic mass is 79.9. The lowest BCUT2D eigenvalue weighted by atomic mass is 10.0. The normalized spacial score (nSPS) is 13.6. The summed E-state index contributed by atoms with van der Waals surface area (Å²) in [5, 5.41) is 2.74. The van der Waals surface area contributed by atoms with Gasteiger partial charge in [-0.15, -0.1) is 0 Å². The minimum Gasteiger partial charge on any atom is -0.310 e. The van der Waals surface area contributed by atoms with Crippen LogP contribution in [0.3, 0.4) is 0 Å². The van der Waals surface area contributed by atoms with E-state index in [2.05, 4.69) is 21.2 Å². The molecule has 1 aromatic carbocycles. The maximum absolute atomic E-state index is 13.7. The summed E-state index contributed by atoms with van der Waals surface area (Å²) < 4.78 is 63.7. The molecule has 1 atom stereocenters. The molecule has 0 heterocycles. The molecule has 0 aromatic heterocycles. The SMILES string of the molecule is CCNC(CCC(F)(F)F)c1cc(F)c(Br)cc1F. The maximum Gasteiger partial charge on any atom is 0.389 e. The minimum absolute atomic E-state index is 0.0557. The van der Waals surface area contributed by atoms with Crippen molar-refractivity contribution in [3.8, 4) is 0 Å². The Labute approximate surface area is 116 Å². The second kappa shape index (κ2) is 6.65. The van der Waals surface area contributed by atoms with Crippen LogP contribution >= 0.6 is 15.9 Å². The van der Waals surface area contributed by atoms with Crippen molar-refractivity contribution >= 4 is 15.9 Å². The molecule has 1 rings (SSSR count). The number of alkyl halides is 3. The summed E-state index contributed by atoms with van der Waals surface area (Å²) in [6.45, 7) is 2.05. The number of halogens is 6. The van der Waals surface area contributed by atoms with E-state index in [9.17, 15) is 22.0 Å². The molecular formula is C12H13BrF5N. The van der Waals surface area contributed by atoms with Crippen LogP contribution in [0.1, 0.15) is 31.4 Å². The molecule has 0 aliphatic heterocycles. The zero-order valence-electron chi connectivity index (χ0n) is 10.1. The van der Waals surface area contributed by atoms with E-state index in [1.807, 2.05) is 0 Å². The molecule has 0 saturated heterocycles. The number of nitrogens with one attached hydrogen (secondary N) is 1. The second-order valence-electron chi connectivity index (χ2n) is 4.05. The van der Waals surface area contributed by atoms with Crippen molar-refractivity contribution in [1.82, 2.24) is 5.32 Å². The number of rotatable bonds is 5.